The zero-order chi connectivity index (χ0) is 16.9. The van der Waals surface area contributed by atoms with Crippen molar-refractivity contribution in [3.8, 4) is 0 Å². The number of carbonyl (C=O) groups is 2. The molecule has 2 aliphatic heterocycles. The number of hydrogen-bond donors (Lipinski definition) is 0. The number of rotatable bonds is 5. The van der Waals surface area contributed by atoms with Gasteiger partial charge >= 0.3 is 0 Å². The SMILES string of the molecule is COCC(=O)N1CCN(C2CCN(Cc3cccnc3)C2=O)CC1. The molecule has 0 aromatic carbocycles. The highest BCUT2D eigenvalue weighted by atomic mass is 16.5. The molecule has 3 rings (SSSR count). The molecule has 24 heavy (non-hydrogen) atoms. The van der Waals surface area contributed by atoms with Crippen LogP contribution in [0.15, 0.2) is 24.5 Å². The third kappa shape index (κ3) is 3.73. The van der Waals surface area contributed by atoms with Gasteiger partial charge in [0.05, 0.1) is 6.04 Å². The van der Waals surface area contributed by atoms with E-state index in [-0.39, 0.29) is 24.5 Å². The minimum absolute atomic E-state index is 0.0214. The molecule has 3 heterocycles. The number of nitrogens with zero attached hydrogens (tertiary/aromatic N) is 4. The van der Waals surface area contributed by atoms with Gasteiger partial charge in [0.1, 0.15) is 6.61 Å². The second-order valence-electron chi connectivity index (χ2n) is 6.28. The summed E-state index contributed by atoms with van der Waals surface area (Å²) in [5, 5.41) is 0. The van der Waals surface area contributed by atoms with E-state index in [0.717, 1.165) is 31.6 Å². The summed E-state index contributed by atoms with van der Waals surface area (Å²) < 4.78 is 4.90. The van der Waals surface area contributed by atoms with Crippen molar-refractivity contribution in [3.05, 3.63) is 30.1 Å². The van der Waals surface area contributed by atoms with E-state index in [1.54, 1.807) is 12.4 Å². The predicted octanol–water partition coefficient (Wildman–Crippen LogP) is -0.0269. The van der Waals surface area contributed by atoms with Crippen molar-refractivity contribution < 1.29 is 14.3 Å². The van der Waals surface area contributed by atoms with Gasteiger partial charge in [-0.3, -0.25) is 19.5 Å². The molecular weight excluding hydrogens is 308 g/mol. The van der Waals surface area contributed by atoms with E-state index in [1.165, 1.54) is 7.11 Å². The molecule has 7 nitrogen and oxygen atoms in total. The number of pyridine rings is 1. The van der Waals surface area contributed by atoms with E-state index in [1.807, 2.05) is 21.9 Å². The Labute approximate surface area is 142 Å². The van der Waals surface area contributed by atoms with Crippen LogP contribution in [0, 0.1) is 0 Å². The zero-order valence-corrected chi connectivity index (χ0v) is 14.1. The molecule has 2 saturated heterocycles. The highest BCUT2D eigenvalue weighted by molar-refractivity contribution is 5.84. The second-order valence-corrected chi connectivity index (χ2v) is 6.28. The molecule has 1 aromatic heterocycles. The quantitative estimate of drug-likeness (QED) is 0.758. The summed E-state index contributed by atoms with van der Waals surface area (Å²) in [6, 6.07) is 3.83. The molecule has 130 valence electrons. The molecule has 2 aliphatic rings. The second kappa shape index (κ2) is 7.72. The molecule has 0 bridgehead atoms. The summed E-state index contributed by atoms with van der Waals surface area (Å²) in [7, 11) is 1.53. The molecule has 0 radical (unpaired) electrons. The lowest BCUT2D eigenvalue weighted by Gasteiger charge is -2.37. The topological polar surface area (TPSA) is 66.0 Å². The van der Waals surface area contributed by atoms with Crippen LogP contribution in [0.4, 0.5) is 0 Å². The van der Waals surface area contributed by atoms with Crippen LogP contribution in [0.3, 0.4) is 0 Å². The molecule has 1 atom stereocenters. The fourth-order valence-electron chi connectivity index (χ4n) is 3.43. The van der Waals surface area contributed by atoms with Gasteiger partial charge in [-0.05, 0) is 18.1 Å². The van der Waals surface area contributed by atoms with Crippen LogP contribution in [0.1, 0.15) is 12.0 Å². The van der Waals surface area contributed by atoms with Crippen molar-refractivity contribution in [1.82, 2.24) is 19.7 Å². The minimum Gasteiger partial charge on any atom is -0.375 e. The molecule has 7 heteroatoms. The fourth-order valence-corrected chi connectivity index (χ4v) is 3.43. The largest absolute Gasteiger partial charge is 0.375 e. The molecule has 1 unspecified atom stereocenters. The zero-order valence-electron chi connectivity index (χ0n) is 14.1. The number of amides is 2. The van der Waals surface area contributed by atoms with Crippen LogP contribution in [0.5, 0.6) is 0 Å². The van der Waals surface area contributed by atoms with Gasteiger partial charge in [-0.15, -0.1) is 0 Å². The molecule has 0 spiro atoms. The Kier molecular flexibility index (Phi) is 5.42. The maximum atomic E-state index is 12.7. The van der Waals surface area contributed by atoms with E-state index in [9.17, 15) is 9.59 Å². The van der Waals surface area contributed by atoms with Crippen molar-refractivity contribution in [1.29, 1.82) is 0 Å². The fraction of sp³-hybridized carbons (Fsp3) is 0.588. The van der Waals surface area contributed by atoms with Crippen LogP contribution < -0.4 is 0 Å². The van der Waals surface area contributed by atoms with E-state index < -0.39 is 0 Å². The molecule has 2 fully saturated rings. The van der Waals surface area contributed by atoms with E-state index >= 15 is 0 Å². The highest BCUT2D eigenvalue weighted by Gasteiger charge is 2.37. The Balaban J connectivity index is 1.52. The number of methoxy groups -OCH3 is 1. The van der Waals surface area contributed by atoms with Gasteiger partial charge < -0.3 is 14.5 Å². The average molecular weight is 332 g/mol. The molecule has 2 amide bonds. The summed E-state index contributed by atoms with van der Waals surface area (Å²) in [5.74, 6) is 0.212. The Bertz CT molecular complexity index is 572. The first-order valence-electron chi connectivity index (χ1n) is 8.37. The number of likely N-dealkylation sites (tertiary alicyclic amines) is 1. The van der Waals surface area contributed by atoms with Crippen molar-refractivity contribution >= 4 is 11.8 Å². The first-order chi connectivity index (χ1) is 11.7. The van der Waals surface area contributed by atoms with Crippen LogP contribution >= 0.6 is 0 Å². The van der Waals surface area contributed by atoms with Crippen molar-refractivity contribution in [2.24, 2.45) is 0 Å². The maximum absolute atomic E-state index is 12.7. The third-order valence-corrected chi connectivity index (χ3v) is 4.74. The summed E-state index contributed by atoms with van der Waals surface area (Å²) in [6.45, 7) is 4.33. The number of carbonyl (C=O) groups excluding carboxylic acids is 2. The molecule has 0 saturated carbocycles. The van der Waals surface area contributed by atoms with Gasteiger partial charge in [-0.1, -0.05) is 6.07 Å². The maximum Gasteiger partial charge on any atom is 0.248 e. The highest BCUT2D eigenvalue weighted by Crippen LogP contribution is 2.21. The Morgan fingerprint density at radius 1 is 1.29 bits per heavy atom. The number of hydrogen-bond acceptors (Lipinski definition) is 5. The normalized spacial score (nSPS) is 22.2. The average Bonchev–Trinajstić information content (AvgIpc) is 2.97. The van der Waals surface area contributed by atoms with Gasteiger partial charge in [0, 0.05) is 58.8 Å². The number of ether oxygens (including phenoxy) is 1. The van der Waals surface area contributed by atoms with Crippen molar-refractivity contribution in [3.63, 3.8) is 0 Å². The third-order valence-electron chi connectivity index (χ3n) is 4.74. The summed E-state index contributed by atoms with van der Waals surface area (Å²) >= 11 is 0. The van der Waals surface area contributed by atoms with Crippen LogP contribution in [-0.4, -0.2) is 84.0 Å². The van der Waals surface area contributed by atoms with Gasteiger partial charge in [0.2, 0.25) is 11.8 Å². The molecule has 1 aromatic rings. The molecule has 0 N–H and O–H groups in total. The van der Waals surface area contributed by atoms with Crippen LogP contribution in [0.25, 0.3) is 0 Å². The van der Waals surface area contributed by atoms with Crippen LogP contribution in [-0.2, 0) is 20.9 Å². The first kappa shape index (κ1) is 16.9. The van der Waals surface area contributed by atoms with Gasteiger partial charge in [-0.2, -0.15) is 0 Å². The summed E-state index contributed by atoms with van der Waals surface area (Å²) in [6.07, 6.45) is 4.40. The number of piperazine rings is 1. The Morgan fingerprint density at radius 2 is 2.08 bits per heavy atom. The molecular formula is C17H24N4O3. The van der Waals surface area contributed by atoms with Gasteiger partial charge in [0.15, 0.2) is 0 Å². The summed E-state index contributed by atoms with van der Waals surface area (Å²) in [5.41, 5.74) is 1.06. The smallest absolute Gasteiger partial charge is 0.248 e. The lowest BCUT2D eigenvalue weighted by Crippen LogP contribution is -2.54. The van der Waals surface area contributed by atoms with Gasteiger partial charge in [0.25, 0.3) is 0 Å². The Hall–Kier alpha value is -1.99. The first-order valence-corrected chi connectivity index (χ1v) is 8.37. The predicted molar refractivity (Wildman–Crippen MR) is 88.1 cm³/mol. The Morgan fingerprint density at radius 3 is 2.75 bits per heavy atom. The standard InChI is InChI=1S/C17H24N4O3/c1-24-13-16(22)20-9-7-19(8-10-20)15-4-6-21(17(15)23)12-14-3-2-5-18-11-14/h2-3,5,11,15H,4,6-10,12-13H2,1H3. The van der Waals surface area contributed by atoms with Crippen molar-refractivity contribution in [2.75, 3.05) is 46.4 Å². The lowest BCUT2D eigenvalue weighted by atomic mass is 10.2. The van der Waals surface area contributed by atoms with Crippen LogP contribution in [0.2, 0.25) is 0 Å². The summed E-state index contributed by atoms with van der Waals surface area (Å²) in [4.78, 5) is 34.6. The molecule has 0 aliphatic carbocycles. The van der Waals surface area contributed by atoms with Gasteiger partial charge in [-0.25, -0.2) is 0 Å². The monoisotopic (exact) mass is 332 g/mol. The van der Waals surface area contributed by atoms with E-state index in [2.05, 4.69) is 9.88 Å². The minimum atomic E-state index is -0.0543. The number of aromatic nitrogens is 1. The lowest BCUT2D eigenvalue weighted by molar-refractivity contribution is -0.138. The van der Waals surface area contributed by atoms with E-state index in [0.29, 0.717) is 19.6 Å². The van der Waals surface area contributed by atoms with E-state index in [4.69, 9.17) is 4.74 Å². The van der Waals surface area contributed by atoms with Crippen molar-refractivity contribution in [2.45, 2.75) is 19.0 Å².